The number of piperidine rings is 1. The summed E-state index contributed by atoms with van der Waals surface area (Å²) in [6, 6.07) is 8.56. The van der Waals surface area contributed by atoms with Crippen LogP contribution < -0.4 is 15.5 Å². The number of hydrogen-bond donors (Lipinski definition) is 2. The third-order valence-corrected chi connectivity index (χ3v) is 6.82. The third-order valence-electron chi connectivity index (χ3n) is 6.57. The maximum atomic E-state index is 5.53. The van der Waals surface area contributed by atoms with Gasteiger partial charge in [-0.05, 0) is 93.0 Å². The number of nitrogens with zero attached hydrogens (tertiary/aromatic N) is 3. The van der Waals surface area contributed by atoms with Crippen molar-refractivity contribution in [2.45, 2.75) is 46.5 Å². The van der Waals surface area contributed by atoms with Crippen LogP contribution in [0.4, 0.5) is 11.5 Å². The Morgan fingerprint density at radius 2 is 1.87 bits per heavy atom. The van der Waals surface area contributed by atoms with Crippen molar-refractivity contribution in [1.82, 2.24) is 15.2 Å². The number of aromatic nitrogens is 1. The Kier molecular flexibility index (Phi) is 7.28. The SMILES string of the molecule is Cc1cc(N2CCCC2)nc2ccc(NC(=S)NCCCN3C[C@H](C)C[C@H](C)C3)cc12. The average Bonchev–Trinajstić information content (AvgIpc) is 3.26. The number of nitrogens with one attached hydrogen (secondary N) is 2. The minimum atomic E-state index is 0.694. The van der Waals surface area contributed by atoms with E-state index in [1.165, 1.54) is 43.3 Å². The standard InChI is InChI=1S/C25H37N5S/c1-18-13-19(2)17-29(16-18)10-6-9-26-25(31)27-21-7-8-23-22(15-21)20(3)14-24(28-23)30-11-4-5-12-30/h7-8,14-15,18-19H,4-6,9-13,16-17H2,1-3H3,(H2,26,27,31)/t18-,19+. The van der Waals surface area contributed by atoms with Crippen LogP contribution in [-0.4, -0.2) is 54.3 Å². The van der Waals surface area contributed by atoms with Gasteiger partial charge >= 0.3 is 0 Å². The number of hydrogen-bond acceptors (Lipinski definition) is 4. The lowest BCUT2D eigenvalue weighted by molar-refractivity contribution is 0.140. The highest BCUT2D eigenvalue weighted by molar-refractivity contribution is 7.80. The average molecular weight is 440 g/mol. The van der Waals surface area contributed by atoms with Crippen molar-refractivity contribution in [3.63, 3.8) is 0 Å². The van der Waals surface area contributed by atoms with Crippen LogP contribution in [0.15, 0.2) is 24.3 Å². The van der Waals surface area contributed by atoms with Gasteiger partial charge in [-0.2, -0.15) is 0 Å². The maximum absolute atomic E-state index is 5.53. The molecule has 0 saturated carbocycles. The molecule has 3 heterocycles. The molecule has 2 aromatic rings. The molecular formula is C25H37N5S. The lowest BCUT2D eigenvalue weighted by Gasteiger charge is -2.35. The van der Waals surface area contributed by atoms with Crippen molar-refractivity contribution in [2.24, 2.45) is 11.8 Å². The third kappa shape index (κ3) is 5.86. The van der Waals surface area contributed by atoms with Crippen LogP contribution in [0, 0.1) is 18.8 Å². The topological polar surface area (TPSA) is 43.4 Å². The van der Waals surface area contributed by atoms with Crippen LogP contribution in [0.25, 0.3) is 10.9 Å². The zero-order valence-corrected chi connectivity index (χ0v) is 20.1. The molecule has 0 amide bonds. The summed E-state index contributed by atoms with van der Waals surface area (Å²) in [6.45, 7) is 13.7. The molecule has 1 aromatic heterocycles. The molecule has 2 N–H and O–H groups in total. The molecule has 0 unspecified atom stereocenters. The van der Waals surface area contributed by atoms with E-state index in [9.17, 15) is 0 Å². The Morgan fingerprint density at radius 3 is 2.61 bits per heavy atom. The molecule has 1 aromatic carbocycles. The molecule has 0 spiro atoms. The molecule has 0 aliphatic carbocycles. The fourth-order valence-corrected chi connectivity index (χ4v) is 5.44. The molecule has 5 nitrogen and oxygen atoms in total. The predicted molar refractivity (Wildman–Crippen MR) is 136 cm³/mol. The van der Waals surface area contributed by atoms with Crippen molar-refractivity contribution >= 4 is 39.7 Å². The quantitative estimate of drug-likeness (QED) is 0.498. The normalized spacial score (nSPS) is 22.1. The maximum Gasteiger partial charge on any atom is 0.170 e. The lowest BCUT2D eigenvalue weighted by atomic mass is 9.92. The summed E-state index contributed by atoms with van der Waals surface area (Å²) in [5.74, 6) is 2.74. The second kappa shape index (κ2) is 10.1. The van der Waals surface area contributed by atoms with Crippen LogP contribution in [0.2, 0.25) is 0 Å². The van der Waals surface area contributed by atoms with E-state index in [1.54, 1.807) is 0 Å². The van der Waals surface area contributed by atoms with Crippen LogP contribution in [0.1, 0.15) is 45.1 Å². The number of pyridine rings is 1. The van der Waals surface area contributed by atoms with E-state index in [2.05, 4.69) is 65.5 Å². The first kappa shape index (κ1) is 22.3. The second-order valence-electron chi connectivity index (χ2n) is 9.66. The van der Waals surface area contributed by atoms with E-state index in [0.717, 1.165) is 61.5 Å². The molecule has 2 saturated heterocycles. The van der Waals surface area contributed by atoms with Crippen LogP contribution in [0.3, 0.4) is 0 Å². The van der Waals surface area contributed by atoms with Gasteiger partial charge < -0.3 is 20.4 Å². The summed E-state index contributed by atoms with van der Waals surface area (Å²) < 4.78 is 0. The Bertz CT molecular complexity index is 898. The molecule has 0 radical (unpaired) electrons. The van der Waals surface area contributed by atoms with E-state index in [4.69, 9.17) is 17.2 Å². The lowest BCUT2D eigenvalue weighted by Crippen LogP contribution is -2.40. The van der Waals surface area contributed by atoms with E-state index >= 15 is 0 Å². The summed E-state index contributed by atoms with van der Waals surface area (Å²) >= 11 is 5.53. The summed E-state index contributed by atoms with van der Waals surface area (Å²) in [4.78, 5) is 9.89. The van der Waals surface area contributed by atoms with Crippen molar-refractivity contribution in [3.05, 3.63) is 29.8 Å². The van der Waals surface area contributed by atoms with Gasteiger partial charge in [-0.25, -0.2) is 4.98 Å². The highest BCUT2D eigenvalue weighted by Crippen LogP contribution is 2.27. The number of thiocarbonyl (C=S) groups is 1. The van der Waals surface area contributed by atoms with E-state index in [1.807, 2.05) is 0 Å². The predicted octanol–water partition coefficient (Wildman–Crippen LogP) is 4.80. The summed E-state index contributed by atoms with van der Waals surface area (Å²) in [7, 11) is 0. The molecule has 4 rings (SSSR count). The number of fused-ring (bicyclic) bond motifs is 1. The minimum Gasteiger partial charge on any atom is -0.362 e. The Balaban J connectivity index is 1.28. The van der Waals surface area contributed by atoms with Crippen molar-refractivity contribution in [1.29, 1.82) is 0 Å². The molecular weight excluding hydrogens is 402 g/mol. The smallest absolute Gasteiger partial charge is 0.170 e. The zero-order chi connectivity index (χ0) is 21.8. The van der Waals surface area contributed by atoms with Gasteiger partial charge in [0.2, 0.25) is 0 Å². The van der Waals surface area contributed by atoms with Gasteiger partial charge in [0, 0.05) is 43.8 Å². The molecule has 2 atom stereocenters. The van der Waals surface area contributed by atoms with E-state index < -0.39 is 0 Å². The van der Waals surface area contributed by atoms with Gasteiger partial charge in [-0.15, -0.1) is 0 Å². The number of rotatable bonds is 6. The summed E-state index contributed by atoms with van der Waals surface area (Å²) in [5, 5.41) is 8.60. The zero-order valence-electron chi connectivity index (χ0n) is 19.3. The van der Waals surface area contributed by atoms with Gasteiger partial charge in [0.1, 0.15) is 5.82 Å². The first-order valence-electron chi connectivity index (χ1n) is 11.9. The highest BCUT2D eigenvalue weighted by atomic mass is 32.1. The molecule has 2 aliphatic heterocycles. The van der Waals surface area contributed by atoms with Crippen molar-refractivity contribution < 1.29 is 0 Å². The number of likely N-dealkylation sites (tertiary alicyclic amines) is 1. The van der Waals surface area contributed by atoms with Gasteiger partial charge in [0.15, 0.2) is 5.11 Å². The number of aryl methyl sites for hydroxylation is 1. The molecule has 6 heteroatoms. The van der Waals surface area contributed by atoms with Gasteiger partial charge in [0.25, 0.3) is 0 Å². The Labute approximate surface area is 192 Å². The van der Waals surface area contributed by atoms with Gasteiger partial charge in [-0.3, -0.25) is 0 Å². The number of benzene rings is 1. The van der Waals surface area contributed by atoms with Gasteiger partial charge in [0.05, 0.1) is 5.52 Å². The molecule has 31 heavy (non-hydrogen) atoms. The highest BCUT2D eigenvalue weighted by Gasteiger charge is 2.21. The van der Waals surface area contributed by atoms with Gasteiger partial charge in [-0.1, -0.05) is 13.8 Å². The molecule has 2 aliphatic rings. The first-order valence-corrected chi connectivity index (χ1v) is 12.3. The molecule has 2 fully saturated rings. The Morgan fingerprint density at radius 1 is 1.13 bits per heavy atom. The van der Waals surface area contributed by atoms with E-state index in [0.29, 0.717) is 5.11 Å². The Hall–Kier alpha value is -1.92. The van der Waals surface area contributed by atoms with Crippen LogP contribution >= 0.6 is 12.2 Å². The number of anilines is 2. The first-order chi connectivity index (χ1) is 15.0. The van der Waals surface area contributed by atoms with Crippen LogP contribution in [0.5, 0.6) is 0 Å². The minimum absolute atomic E-state index is 0.694. The summed E-state index contributed by atoms with van der Waals surface area (Å²) in [5.41, 5.74) is 3.33. The fourth-order valence-electron chi connectivity index (χ4n) is 5.22. The second-order valence-corrected chi connectivity index (χ2v) is 10.1. The molecule has 0 bridgehead atoms. The van der Waals surface area contributed by atoms with Crippen molar-refractivity contribution in [2.75, 3.05) is 49.5 Å². The largest absolute Gasteiger partial charge is 0.362 e. The summed E-state index contributed by atoms with van der Waals surface area (Å²) in [6.07, 6.45) is 5.01. The van der Waals surface area contributed by atoms with E-state index in [-0.39, 0.29) is 0 Å². The molecule has 168 valence electrons. The monoisotopic (exact) mass is 439 g/mol. The fraction of sp³-hybridized carbons (Fsp3) is 0.600. The van der Waals surface area contributed by atoms with Crippen LogP contribution in [-0.2, 0) is 0 Å². The van der Waals surface area contributed by atoms with Crippen molar-refractivity contribution in [3.8, 4) is 0 Å².